The third kappa shape index (κ3) is 4.06. The van der Waals surface area contributed by atoms with E-state index in [0.29, 0.717) is 17.7 Å². The third-order valence-corrected chi connectivity index (χ3v) is 6.26. The van der Waals surface area contributed by atoms with Crippen LogP contribution in [0.1, 0.15) is 67.3 Å². The monoisotopic (exact) mass is 360 g/mol. The van der Waals surface area contributed by atoms with Gasteiger partial charge >= 0.3 is 0 Å². The summed E-state index contributed by atoms with van der Waals surface area (Å²) in [6, 6.07) is 4.60. The lowest BCUT2D eigenvalue weighted by molar-refractivity contribution is -0.957. The van der Waals surface area contributed by atoms with Gasteiger partial charge < -0.3 is 10.2 Å². The highest BCUT2D eigenvalue weighted by Gasteiger charge is 2.42. The first-order chi connectivity index (χ1) is 12.5. The Kier molecular flexibility index (Phi) is 5.91. The zero-order valence-electron chi connectivity index (χ0n) is 15.7. The Morgan fingerprint density at radius 1 is 1.15 bits per heavy atom. The van der Waals surface area contributed by atoms with Crippen LogP contribution in [0.5, 0.6) is 0 Å². The topological polar surface area (TPSA) is 76.7 Å². The summed E-state index contributed by atoms with van der Waals surface area (Å²) in [6.07, 6.45) is 10.0. The van der Waals surface area contributed by atoms with Crippen LogP contribution in [0, 0.1) is 17.0 Å². The molecule has 0 bridgehead atoms. The first-order valence-electron chi connectivity index (χ1n) is 9.90. The minimum absolute atomic E-state index is 0.0584. The predicted octanol–water partition coefficient (Wildman–Crippen LogP) is 2.40. The molecular formula is C20H30N3O3+. The van der Waals surface area contributed by atoms with Gasteiger partial charge in [0.1, 0.15) is 5.54 Å². The molecule has 0 atom stereocenters. The molecule has 0 aromatic heterocycles. The van der Waals surface area contributed by atoms with Crippen molar-refractivity contribution in [3.63, 3.8) is 0 Å². The van der Waals surface area contributed by atoms with Gasteiger partial charge in [0.15, 0.2) is 0 Å². The number of piperidine rings is 1. The highest BCUT2D eigenvalue weighted by Crippen LogP contribution is 2.26. The van der Waals surface area contributed by atoms with Crippen LogP contribution >= 0.6 is 0 Å². The molecule has 2 fully saturated rings. The second-order valence-corrected chi connectivity index (χ2v) is 7.95. The van der Waals surface area contributed by atoms with Crippen molar-refractivity contribution in [1.82, 2.24) is 5.32 Å². The van der Waals surface area contributed by atoms with Crippen molar-refractivity contribution >= 4 is 11.6 Å². The number of nitrogens with zero attached hydrogens (tertiary/aromatic N) is 1. The van der Waals surface area contributed by atoms with Crippen molar-refractivity contribution < 1.29 is 14.6 Å². The maximum absolute atomic E-state index is 12.7. The lowest BCUT2D eigenvalue weighted by Gasteiger charge is -2.45. The fourth-order valence-corrected chi connectivity index (χ4v) is 4.75. The van der Waals surface area contributed by atoms with Gasteiger partial charge in [-0.1, -0.05) is 6.42 Å². The molecule has 0 radical (unpaired) electrons. The molecule has 1 aliphatic carbocycles. The summed E-state index contributed by atoms with van der Waals surface area (Å²) in [4.78, 5) is 24.9. The van der Waals surface area contributed by atoms with E-state index in [4.69, 9.17) is 0 Å². The Morgan fingerprint density at radius 2 is 1.81 bits per heavy atom. The lowest BCUT2D eigenvalue weighted by Crippen LogP contribution is -3.22. The van der Waals surface area contributed by atoms with Gasteiger partial charge in [-0.25, -0.2) is 0 Å². The normalized spacial score (nSPS) is 20.5. The van der Waals surface area contributed by atoms with Gasteiger partial charge in [0.2, 0.25) is 0 Å². The van der Waals surface area contributed by atoms with E-state index in [1.54, 1.807) is 24.0 Å². The first kappa shape index (κ1) is 18.8. The van der Waals surface area contributed by atoms with Crippen molar-refractivity contribution in [3.05, 3.63) is 39.4 Å². The molecule has 6 heteroatoms. The minimum Gasteiger partial charge on any atom is -0.346 e. The number of hydrogen-bond donors (Lipinski definition) is 2. The molecule has 1 amide bonds. The number of amides is 1. The second-order valence-electron chi connectivity index (χ2n) is 7.95. The summed E-state index contributed by atoms with van der Waals surface area (Å²) < 4.78 is 0. The summed E-state index contributed by atoms with van der Waals surface area (Å²) >= 11 is 0. The number of carbonyl (C=O) groups is 1. The number of nitro groups is 1. The van der Waals surface area contributed by atoms with Gasteiger partial charge in [0.25, 0.3) is 11.6 Å². The fraction of sp³-hybridized carbons (Fsp3) is 0.650. The van der Waals surface area contributed by atoms with Crippen LogP contribution in [-0.2, 0) is 0 Å². The van der Waals surface area contributed by atoms with Crippen LogP contribution < -0.4 is 10.2 Å². The number of carbonyl (C=O) groups excluding carboxylic acids is 1. The number of aryl methyl sites for hydroxylation is 1. The smallest absolute Gasteiger partial charge is 0.272 e. The second kappa shape index (κ2) is 8.16. The first-order valence-corrected chi connectivity index (χ1v) is 9.90. The van der Waals surface area contributed by atoms with E-state index in [0.717, 1.165) is 0 Å². The largest absolute Gasteiger partial charge is 0.346 e. The van der Waals surface area contributed by atoms with Crippen molar-refractivity contribution in [2.45, 2.75) is 63.8 Å². The average molecular weight is 360 g/mol. The van der Waals surface area contributed by atoms with Crippen molar-refractivity contribution in [1.29, 1.82) is 0 Å². The Morgan fingerprint density at radius 3 is 2.42 bits per heavy atom. The third-order valence-electron chi connectivity index (χ3n) is 6.26. The van der Waals surface area contributed by atoms with Gasteiger partial charge in [0, 0.05) is 30.0 Å². The van der Waals surface area contributed by atoms with Gasteiger partial charge in [-0.3, -0.25) is 14.9 Å². The molecule has 3 rings (SSSR count). The lowest BCUT2D eigenvalue weighted by atomic mass is 9.79. The zero-order valence-corrected chi connectivity index (χ0v) is 15.7. The number of quaternary nitrogens is 1. The van der Waals surface area contributed by atoms with E-state index >= 15 is 0 Å². The van der Waals surface area contributed by atoms with Crippen molar-refractivity contribution in [2.75, 3.05) is 19.6 Å². The number of hydrogen-bond acceptors (Lipinski definition) is 3. The van der Waals surface area contributed by atoms with Crippen LogP contribution in [0.3, 0.4) is 0 Å². The fourth-order valence-electron chi connectivity index (χ4n) is 4.75. The number of nitro benzene ring substituents is 1. The van der Waals surface area contributed by atoms with E-state index in [9.17, 15) is 14.9 Å². The molecule has 1 aromatic rings. The van der Waals surface area contributed by atoms with E-state index in [1.165, 1.54) is 70.5 Å². The molecular weight excluding hydrogens is 330 g/mol. The van der Waals surface area contributed by atoms with E-state index < -0.39 is 4.92 Å². The maximum Gasteiger partial charge on any atom is 0.272 e. The molecule has 1 aromatic carbocycles. The van der Waals surface area contributed by atoms with E-state index in [-0.39, 0.29) is 17.1 Å². The molecule has 0 unspecified atom stereocenters. The molecule has 0 spiro atoms. The highest BCUT2D eigenvalue weighted by molar-refractivity contribution is 5.94. The van der Waals surface area contributed by atoms with Crippen LogP contribution in [0.2, 0.25) is 0 Å². The zero-order chi connectivity index (χ0) is 18.6. The molecule has 26 heavy (non-hydrogen) atoms. The average Bonchev–Trinajstić information content (AvgIpc) is 2.67. The van der Waals surface area contributed by atoms with Gasteiger partial charge in [-0.15, -0.1) is 0 Å². The number of benzene rings is 1. The Balaban J connectivity index is 1.69. The quantitative estimate of drug-likeness (QED) is 0.625. The molecule has 1 saturated carbocycles. The predicted molar refractivity (Wildman–Crippen MR) is 101 cm³/mol. The summed E-state index contributed by atoms with van der Waals surface area (Å²) in [5.74, 6) is -0.121. The van der Waals surface area contributed by atoms with Crippen LogP contribution in [0.25, 0.3) is 0 Å². The number of likely N-dealkylation sites (tertiary alicyclic amines) is 1. The van der Waals surface area contributed by atoms with Crippen molar-refractivity contribution in [3.8, 4) is 0 Å². The van der Waals surface area contributed by atoms with Crippen LogP contribution in [0.15, 0.2) is 18.2 Å². The summed E-state index contributed by atoms with van der Waals surface area (Å²) in [6.45, 7) is 4.81. The number of rotatable bonds is 5. The molecule has 1 aliphatic heterocycles. The molecule has 2 N–H and O–H groups in total. The molecule has 1 saturated heterocycles. The minimum atomic E-state index is -0.409. The Hall–Kier alpha value is -1.95. The highest BCUT2D eigenvalue weighted by atomic mass is 16.6. The summed E-state index contributed by atoms with van der Waals surface area (Å²) in [5.41, 5.74) is 1.26. The molecule has 2 aliphatic rings. The van der Waals surface area contributed by atoms with E-state index in [1.807, 2.05) is 0 Å². The van der Waals surface area contributed by atoms with Crippen LogP contribution in [-0.4, -0.2) is 36.0 Å². The van der Waals surface area contributed by atoms with Crippen LogP contribution in [0.4, 0.5) is 5.69 Å². The standard InChI is InChI=1S/C20H29N3O3/c1-16-14-17(8-9-18(16)23(25)26)19(24)21-15-20(10-4-2-5-11-20)22-12-6-3-7-13-22/h8-9,14H,2-7,10-13,15H2,1H3,(H,21,24)/p+1. The van der Waals surface area contributed by atoms with E-state index in [2.05, 4.69) is 5.32 Å². The molecule has 6 nitrogen and oxygen atoms in total. The maximum atomic E-state index is 12.7. The SMILES string of the molecule is Cc1cc(C(=O)NCC2([NH+]3CCCCC3)CCCCC2)ccc1[N+](=O)[O-]. The summed E-state index contributed by atoms with van der Waals surface area (Å²) in [7, 11) is 0. The summed E-state index contributed by atoms with van der Waals surface area (Å²) in [5, 5.41) is 14.1. The van der Waals surface area contributed by atoms with Gasteiger partial charge in [-0.05, 0) is 51.2 Å². The van der Waals surface area contributed by atoms with Crippen molar-refractivity contribution in [2.24, 2.45) is 0 Å². The Bertz CT molecular complexity index is 662. The Labute approximate surface area is 155 Å². The molecule has 142 valence electrons. The molecule has 1 heterocycles. The number of nitrogens with one attached hydrogen (secondary N) is 2. The van der Waals surface area contributed by atoms with Gasteiger partial charge in [0.05, 0.1) is 24.6 Å². The van der Waals surface area contributed by atoms with Gasteiger partial charge in [-0.2, -0.15) is 0 Å².